The summed E-state index contributed by atoms with van der Waals surface area (Å²) in [4.78, 5) is 15.1. The Morgan fingerprint density at radius 1 is 1.00 bits per heavy atom. The number of carbonyl (C=O) groups is 1. The summed E-state index contributed by atoms with van der Waals surface area (Å²) in [6.07, 6.45) is 0. The summed E-state index contributed by atoms with van der Waals surface area (Å²) in [5.41, 5.74) is 2.11. The van der Waals surface area contributed by atoms with E-state index in [0.29, 0.717) is 26.4 Å². The summed E-state index contributed by atoms with van der Waals surface area (Å²) < 4.78 is 11.3. The topological polar surface area (TPSA) is 38.8 Å². The quantitative estimate of drug-likeness (QED) is 0.856. The van der Waals surface area contributed by atoms with Crippen LogP contribution in [-0.4, -0.2) is 37.2 Å². The molecule has 1 amide bonds. The van der Waals surface area contributed by atoms with E-state index in [9.17, 15) is 4.79 Å². The van der Waals surface area contributed by atoms with Crippen molar-refractivity contribution >= 4 is 5.91 Å². The highest BCUT2D eigenvalue weighted by Crippen LogP contribution is 2.36. The number of carbonyl (C=O) groups excluding carboxylic acids is 1. The highest BCUT2D eigenvalue weighted by molar-refractivity contribution is 5.86. The second kappa shape index (κ2) is 6.05. The number of amides is 1. The third kappa shape index (κ3) is 2.59. The van der Waals surface area contributed by atoms with Crippen molar-refractivity contribution in [3.05, 3.63) is 65.7 Å². The standard InChI is InChI=1S/C19H19NO3/c21-19(16-12-23-18-9-5-4-8-15(16)18)20-10-11-22-13-17(20)14-6-2-1-3-7-14/h1-9,16-17H,10-13H2/t16-,17-/m0/s1. The van der Waals surface area contributed by atoms with Gasteiger partial charge in [-0.15, -0.1) is 0 Å². The molecule has 4 heteroatoms. The minimum atomic E-state index is -0.212. The van der Waals surface area contributed by atoms with E-state index in [2.05, 4.69) is 12.1 Å². The summed E-state index contributed by atoms with van der Waals surface area (Å²) in [6.45, 7) is 2.18. The van der Waals surface area contributed by atoms with Gasteiger partial charge in [-0.3, -0.25) is 4.79 Å². The van der Waals surface area contributed by atoms with Gasteiger partial charge in [-0.1, -0.05) is 48.5 Å². The molecule has 2 aliphatic rings. The zero-order valence-electron chi connectivity index (χ0n) is 12.9. The number of para-hydroxylation sites is 1. The lowest BCUT2D eigenvalue weighted by Crippen LogP contribution is -2.45. The Hall–Kier alpha value is -2.33. The van der Waals surface area contributed by atoms with Gasteiger partial charge in [-0.2, -0.15) is 0 Å². The smallest absolute Gasteiger partial charge is 0.234 e. The summed E-state index contributed by atoms with van der Waals surface area (Å²) in [7, 11) is 0. The fourth-order valence-electron chi connectivity index (χ4n) is 3.39. The number of hydrogen-bond donors (Lipinski definition) is 0. The van der Waals surface area contributed by atoms with E-state index in [4.69, 9.17) is 9.47 Å². The minimum Gasteiger partial charge on any atom is -0.492 e. The Labute approximate surface area is 135 Å². The van der Waals surface area contributed by atoms with Crippen molar-refractivity contribution in [2.45, 2.75) is 12.0 Å². The van der Waals surface area contributed by atoms with Gasteiger partial charge < -0.3 is 14.4 Å². The van der Waals surface area contributed by atoms with Crippen LogP contribution in [0.1, 0.15) is 23.1 Å². The molecule has 4 rings (SSSR count). The Morgan fingerprint density at radius 2 is 1.78 bits per heavy atom. The first-order valence-corrected chi connectivity index (χ1v) is 7.99. The Kier molecular flexibility index (Phi) is 3.75. The fourth-order valence-corrected chi connectivity index (χ4v) is 3.39. The average molecular weight is 309 g/mol. The lowest BCUT2D eigenvalue weighted by Gasteiger charge is -2.37. The lowest BCUT2D eigenvalue weighted by atomic mass is 9.97. The molecule has 2 aliphatic heterocycles. The van der Waals surface area contributed by atoms with Gasteiger partial charge in [-0.05, 0) is 11.6 Å². The van der Waals surface area contributed by atoms with Crippen LogP contribution < -0.4 is 4.74 Å². The van der Waals surface area contributed by atoms with Gasteiger partial charge in [0.25, 0.3) is 0 Å². The molecule has 1 fully saturated rings. The van der Waals surface area contributed by atoms with E-state index < -0.39 is 0 Å². The number of ether oxygens (including phenoxy) is 2. The van der Waals surface area contributed by atoms with Crippen LogP contribution in [0.2, 0.25) is 0 Å². The minimum absolute atomic E-state index is 0.0230. The molecule has 0 spiro atoms. The Bertz CT molecular complexity index is 701. The van der Waals surface area contributed by atoms with Crippen molar-refractivity contribution in [3.63, 3.8) is 0 Å². The number of rotatable bonds is 2. The average Bonchev–Trinajstić information content (AvgIpc) is 3.06. The maximum absolute atomic E-state index is 13.1. The van der Waals surface area contributed by atoms with Gasteiger partial charge >= 0.3 is 0 Å². The Morgan fingerprint density at radius 3 is 2.65 bits per heavy atom. The van der Waals surface area contributed by atoms with E-state index in [1.807, 2.05) is 47.4 Å². The molecule has 0 aliphatic carbocycles. The maximum atomic E-state index is 13.1. The normalized spacial score (nSPS) is 23.2. The first-order chi connectivity index (χ1) is 11.3. The van der Waals surface area contributed by atoms with E-state index in [-0.39, 0.29) is 17.9 Å². The maximum Gasteiger partial charge on any atom is 0.234 e. The molecular formula is C19H19NO3. The molecule has 0 bridgehead atoms. The molecule has 2 aromatic rings. The van der Waals surface area contributed by atoms with Crippen molar-refractivity contribution < 1.29 is 14.3 Å². The van der Waals surface area contributed by atoms with Gasteiger partial charge in [-0.25, -0.2) is 0 Å². The molecule has 2 atom stereocenters. The van der Waals surface area contributed by atoms with Gasteiger partial charge in [0, 0.05) is 12.1 Å². The molecule has 4 nitrogen and oxygen atoms in total. The van der Waals surface area contributed by atoms with E-state index >= 15 is 0 Å². The van der Waals surface area contributed by atoms with Crippen molar-refractivity contribution in [2.75, 3.05) is 26.4 Å². The number of morpholine rings is 1. The fraction of sp³-hybridized carbons (Fsp3) is 0.316. The second-order valence-corrected chi connectivity index (χ2v) is 5.93. The number of fused-ring (bicyclic) bond motifs is 1. The molecule has 0 unspecified atom stereocenters. The molecule has 118 valence electrons. The van der Waals surface area contributed by atoms with Crippen LogP contribution in [0, 0.1) is 0 Å². The lowest BCUT2D eigenvalue weighted by molar-refractivity contribution is -0.142. The highest BCUT2D eigenvalue weighted by atomic mass is 16.5. The molecular weight excluding hydrogens is 290 g/mol. The van der Waals surface area contributed by atoms with Crippen LogP contribution >= 0.6 is 0 Å². The third-order valence-electron chi connectivity index (χ3n) is 4.59. The third-order valence-corrected chi connectivity index (χ3v) is 4.59. The number of benzene rings is 2. The van der Waals surface area contributed by atoms with E-state index in [1.54, 1.807) is 0 Å². The van der Waals surface area contributed by atoms with Crippen molar-refractivity contribution in [3.8, 4) is 5.75 Å². The largest absolute Gasteiger partial charge is 0.492 e. The SMILES string of the molecule is O=C([C@H]1COc2ccccc21)N1CCOC[C@H]1c1ccccc1. The van der Waals surface area contributed by atoms with Gasteiger partial charge in [0.2, 0.25) is 5.91 Å². The van der Waals surface area contributed by atoms with Gasteiger partial charge in [0.05, 0.1) is 19.3 Å². The van der Waals surface area contributed by atoms with Crippen LogP contribution in [0.4, 0.5) is 0 Å². The summed E-state index contributed by atoms with van der Waals surface area (Å²) >= 11 is 0. The van der Waals surface area contributed by atoms with Crippen LogP contribution in [0.15, 0.2) is 54.6 Å². The van der Waals surface area contributed by atoms with Crippen molar-refractivity contribution in [1.82, 2.24) is 4.90 Å². The predicted octanol–water partition coefficient (Wildman–Crippen LogP) is 2.76. The molecule has 1 saturated heterocycles. The van der Waals surface area contributed by atoms with E-state index in [1.165, 1.54) is 0 Å². The van der Waals surface area contributed by atoms with Crippen LogP contribution in [0.25, 0.3) is 0 Å². The predicted molar refractivity (Wildman–Crippen MR) is 86.4 cm³/mol. The molecule has 2 aromatic carbocycles. The van der Waals surface area contributed by atoms with Crippen LogP contribution in [-0.2, 0) is 9.53 Å². The van der Waals surface area contributed by atoms with Gasteiger partial charge in [0.1, 0.15) is 18.3 Å². The van der Waals surface area contributed by atoms with Crippen LogP contribution in [0.5, 0.6) is 5.75 Å². The summed E-state index contributed by atoms with van der Waals surface area (Å²) in [6, 6.07) is 17.9. The molecule has 2 heterocycles. The highest BCUT2D eigenvalue weighted by Gasteiger charge is 2.37. The van der Waals surface area contributed by atoms with Crippen molar-refractivity contribution in [2.24, 2.45) is 0 Å². The zero-order chi connectivity index (χ0) is 15.6. The first-order valence-electron chi connectivity index (χ1n) is 7.99. The number of hydrogen-bond acceptors (Lipinski definition) is 3. The zero-order valence-corrected chi connectivity index (χ0v) is 12.9. The Balaban J connectivity index is 1.62. The summed E-state index contributed by atoms with van der Waals surface area (Å²) in [5, 5.41) is 0. The second-order valence-electron chi connectivity index (χ2n) is 5.93. The molecule has 0 N–H and O–H groups in total. The molecule has 23 heavy (non-hydrogen) atoms. The summed E-state index contributed by atoms with van der Waals surface area (Å²) in [5.74, 6) is 0.748. The van der Waals surface area contributed by atoms with E-state index in [0.717, 1.165) is 16.9 Å². The molecule has 0 aromatic heterocycles. The van der Waals surface area contributed by atoms with Gasteiger partial charge in [0.15, 0.2) is 0 Å². The molecule has 0 saturated carbocycles. The van der Waals surface area contributed by atoms with Crippen LogP contribution in [0.3, 0.4) is 0 Å². The number of nitrogens with zero attached hydrogens (tertiary/aromatic N) is 1. The monoisotopic (exact) mass is 309 g/mol. The molecule has 0 radical (unpaired) electrons. The van der Waals surface area contributed by atoms with Crippen molar-refractivity contribution in [1.29, 1.82) is 0 Å². The first kappa shape index (κ1) is 14.3.